The van der Waals surface area contributed by atoms with Crippen molar-refractivity contribution in [2.45, 2.75) is 0 Å². The summed E-state index contributed by atoms with van der Waals surface area (Å²) < 4.78 is 1.98. The van der Waals surface area contributed by atoms with Gasteiger partial charge in [0.25, 0.3) is 0 Å². The van der Waals surface area contributed by atoms with Crippen molar-refractivity contribution in [1.29, 1.82) is 0 Å². The van der Waals surface area contributed by atoms with Crippen LogP contribution in [-0.2, 0) is 0 Å². The summed E-state index contributed by atoms with van der Waals surface area (Å²) in [5.41, 5.74) is 0. The van der Waals surface area contributed by atoms with E-state index in [4.69, 9.17) is 0 Å². The third-order valence-corrected chi connectivity index (χ3v) is 0.856. The largest absolute Gasteiger partial charge is 0.253 e. The summed E-state index contributed by atoms with van der Waals surface area (Å²) in [5, 5.41) is 1.79. The summed E-state index contributed by atoms with van der Waals surface area (Å²) in [6.45, 7) is 3.52. The summed E-state index contributed by atoms with van der Waals surface area (Å²) in [5.74, 6) is 0. The monoisotopic (exact) mass is 103 g/mol. The predicted molar refractivity (Wildman–Crippen MR) is 31.5 cm³/mol. The van der Waals surface area contributed by atoms with Gasteiger partial charge in [0.15, 0.2) is 0 Å². The first-order valence-corrected chi connectivity index (χ1v) is 2.56. The molecule has 0 atom stereocenters. The third-order valence-electron chi connectivity index (χ3n) is 0.285. The molecule has 0 spiro atoms. The average Bonchev–Trinajstić information content (AvgIpc) is 1.35. The van der Waals surface area contributed by atoms with Crippen LogP contribution in [-0.4, -0.2) is 18.4 Å². The van der Waals surface area contributed by atoms with Crippen molar-refractivity contribution in [3.63, 3.8) is 0 Å². The average molecular weight is 103 g/mol. The topological polar surface area (TPSA) is 3.24 Å². The van der Waals surface area contributed by atoms with E-state index in [0.717, 1.165) is 0 Å². The van der Waals surface area contributed by atoms with Crippen molar-refractivity contribution in [3.8, 4) is 0 Å². The first-order chi connectivity index (χ1) is 2.77. The fourth-order valence-electron chi connectivity index (χ4n) is 0.149. The van der Waals surface area contributed by atoms with Gasteiger partial charge in [0.05, 0.1) is 0 Å². The Morgan fingerprint density at radius 1 is 1.67 bits per heavy atom. The normalized spacial score (nSPS) is 9.17. The molecule has 0 aliphatic rings. The fourth-order valence-corrected chi connectivity index (χ4v) is 0.447. The van der Waals surface area contributed by atoms with Gasteiger partial charge in [-0.3, -0.25) is 4.31 Å². The van der Waals surface area contributed by atoms with Crippen LogP contribution in [0.15, 0.2) is 12.0 Å². The summed E-state index contributed by atoms with van der Waals surface area (Å²) in [6.07, 6.45) is 0. The standard InChI is InChI=1S/C4H9NS/c1-4-6-5(2)3/h4H,1H2,2-3H3. The maximum atomic E-state index is 3.52. The Morgan fingerprint density at radius 3 is 2.17 bits per heavy atom. The lowest BCUT2D eigenvalue weighted by atomic mass is 11.3. The molecule has 0 N–H and O–H groups in total. The van der Waals surface area contributed by atoms with Gasteiger partial charge in [-0.05, 0) is 19.5 Å². The molecule has 0 aromatic carbocycles. The molecule has 36 valence electrons. The molecule has 0 fully saturated rings. The Labute approximate surface area is 43.2 Å². The van der Waals surface area contributed by atoms with Gasteiger partial charge >= 0.3 is 0 Å². The molecule has 6 heavy (non-hydrogen) atoms. The molecular formula is C4H9NS. The third kappa shape index (κ3) is 4.05. The van der Waals surface area contributed by atoms with Crippen molar-refractivity contribution in [1.82, 2.24) is 4.31 Å². The molecule has 0 aliphatic carbocycles. The van der Waals surface area contributed by atoms with Gasteiger partial charge in [-0.2, -0.15) is 0 Å². The van der Waals surface area contributed by atoms with Gasteiger partial charge in [-0.1, -0.05) is 18.5 Å². The zero-order valence-corrected chi connectivity index (χ0v) is 4.96. The van der Waals surface area contributed by atoms with Crippen molar-refractivity contribution < 1.29 is 0 Å². The van der Waals surface area contributed by atoms with E-state index < -0.39 is 0 Å². The lowest BCUT2D eigenvalue weighted by molar-refractivity contribution is 0.708. The summed E-state index contributed by atoms with van der Waals surface area (Å²) in [7, 11) is 3.96. The van der Waals surface area contributed by atoms with E-state index in [1.54, 1.807) is 17.4 Å². The summed E-state index contributed by atoms with van der Waals surface area (Å²) >= 11 is 1.58. The zero-order valence-electron chi connectivity index (χ0n) is 4.14. The fraction of sp³-hybridized carbons (Fsp3) is 0.500. The van der Waals surface area contributed by atoms with Crippen LogP contribution in [0.25, 0.3) is 0 Å². The molecule has 0 saturated carbocycles. The Bertz CT molecular complexity index is 42.8. The van der Waals surface area contributed by atoms with E-state index in [9.17, 15) is 0 Å². The van der Waals surface area contributed by atoms with Gasteiger partial charge in [0, 0.05) is 0 Å². The van der Waals surface area contributed by atoms with E-state index in [0.29, 0.717) is 0 Å². The minimum Gasteiger partial charge on any atom is -0.253 e. The predicted octanol–water partition coefficient (Wildman–Crippen LogP) is 1.34. The van der Waals surface area contributed by atoms with Crippen LogP contribution in [0, 0.1) is 0 Å². The SMILES string of the molecule is C=CSN(C)C. The van der Waals surface area contributed by atoms with Crippen LogP contribution in [0.2, 0.25) is 0 Å². The lowest BCUT2D eigenvalue weighted by Gasteiger charge is -1.99. The minimum atomic E-state index is 1.58. The molecule has 0 aromatic heterocycles. The molecule has 0 radical (unpaired) electrons. The van der Waals surface area contributed by atoms with Crippen molar-refractivity contribution in [2.24, 2.45) is 0 Å². The van der Waals surface area contributed by atoms with Crippen LogP contribution in [0.5, 0.6) is 0 Å². The van der Waals surface area contributed by atoms with Crippen molar-refractivity contribution in [2.75, 3.05) is 14.1 Å². The number of rotatable bonds is 2. The first-order valence-electron chi connectivity index (χ1n) is 1.72. The minimum absolute atomic E-state index is 1.58. The number of hydrogen-bond donors (Lipinski definition) is 0. The van der Waals surface area contributed by atoms with E-state index in [1.165, 1.54) is 0 Å². The number of nitrogens with zero attached hydrogens (tertiary/aromatic N) is 1. The van der Waals surface area contributed by atoms with Crippen LogP contribution in [0.1, 0.15) is 0 Å². The van der Waals surface area contributed by atoms with Crippen molar-refractivity contribution in [3.05, 3.63) is 12.0 Å². The molecule has 0 rings (SSSR count). The maximum absolute atomic E-state index is 3.52. The highest BCUT2D eigenvalue weighted by Crippen LogP contribution is 2.00. The molecule has 0 bridgehead atoms. The summed E-state index contributed by atoms with van der Waals surface area (Å²) in [4.78, 5) is 0. The van der Waals surface area contributed by atoms with Gasteiger partial charge in [0.1, 0.15) is 0 Å². The van der Waals surface area contributed by atoms with Gasteiger partial charge < -0.3 is 0 Å². The highest BCUT2D eigenvalue weighted by atomic mass is 32.2. The maximum Gasteiger partial charge on any atom is -0.00254 e. The Morgan fingerprint density at radius 2 is 2.17 bits per heavy atom. The molecule has 0 amide bonds. The van der Waals surface area contributed by atoms with E-state index in [2.05, 4.69) is 6.58 Å². The summed E-state index contributed by atoms with van der Waals surface area (Å²) in [6, 6.07) is 0. The molecule has 2 heteroatoms. The van der Waals surface area contributed by atoms with Gasteiger partial charge in [-0.15, -0.1) is 0 Å². The zero-order chi connectivity index (χ0) is 4.99. The second-order valence-corrected chi connectivity index (χ2v) is 2.36. The molecule has 0 unspecified atom stereocenters. The van der Waals surface area contributed by atoms with Crippen LogP contribution in [0.3, 0.4) is 0 Å². The Balaban J connectivity index is 2.81. The van der Waals surface area contributed by atoms with Crippen LogP contribution >= 0.6 is 11.9 Å². The molecular weight excluding hydrogens is 94.1 g/mol. The van der Waals surface area contributed by atoms with Gasteiger partial charge in [0.2, 0.25) is 0 Å². The Hall–Kier alpha value is 0.0500. The molecule has 0 aliphatic heterocycles. The quantitative estimate of drug-likeness (QED) is 0.485. The van der Waals surface area contributed by atoms with Gasteiger partial charge in [-0.25, -0.2) is 0 Å². The highest BCUT2D eigenvalue weighted by Gasteiger charge is 1.76. The van der Waals surface area contributed by atoms with Crippen LogP contribution in [0.4, 0.5) is 0 Å². The number of hydrogen-bond acceptors (Lipinski definition) is 2. The van der Waals surface area contributed by atoms with E-state index in [-0.39, 0.29) is 0 Å². The molecule has 0 heterocycles. The first kappa shape index (κ1) is 6.05. The van der Waals surface area contributed by atoms with E-state index in [1.807, 2.05) is 18.4 Å². The Kier molecular flexibility index (Phi) is 3.28. The van der Waals surface area contributed by atoms with Crippen LogP contribution < -0.4 is 0 Å². The lowest BCUT2D eigenvalue weighted by Crippen LogP contribution is -1.95. The molecule has 1 nitrogen and oxygen atoms in total. The second kappa shape index (κ2) is 3.25. The molecule has 0 aromatic rings. The highest BCUT2D eigenvalue weighted by molar-refractivity contribution is 7.99. The van der Waals surface area contributed by atoms with E-state index >= 15 is 0 Å². The smallest absolute Gasteiger partial charge is 0.00254 e. The second-order valence-electron chi connectivity index (χ2n) is 1.08. The van der Waals surface area contributed by atoms with Crippen molar-refractivity contribution >= 4 is 11.9 Å². The molecule has 0 saturated heterocycles.